The van der Waals surface area contributed by atoms with Crippen LogP contribution in [0.25, 0.3) is 6.08 Å². The largest absolute Gasteiger partial charge is 0.508 e. The lowest BCUT2D eigenvalue weighted by Crippen LogP contribution is -2.25. The maximum Gasteiger partial charge on any atom is 0.261 e. The van der Waals surface area contributed by atoms with Gasteiger partial charge in [-0.3, -0.25) is 4.79 Å². The molecule has 0 aliphatic carbocycles. The molecule has 0 aliphatic heterocycles. The Morgan fingerprint density at radius 2 is 1.83 bits per heavy atom. The van der Waals surface area contributed by atoms with Crippen molar-refractivity contribution < 1.29 is 9.90 Å². The van der Waals surface area contributed by atoms with Crippen molar-refractivity contribution in [2.75, 3.05) is 6.54 Å². The Labute approximate surface area is 135 Å². The van der Waals surface area contributed by atoms with Crippen molar-refractivity contribution in [2.45, 2.75) is 12.8 Å². The highest BCUT2D eigenvalue weighted by Crippen LogP contribution is 2.12. The Balaban J connectivity index is 1.85. The molecule has 116 valence electrons. The van der Waals surface area contributed by atoms with Crippen LogP contribution in [0, 0.1) is 11.3 Å². The molecule has 2 N–H and O–H groups in total. The maximum absolute atomic E-state index is 12.0. The highest BCUT2D eigenvalue weighted by atomic mass is 16.3. The molecule has 0 bridgehead atoms. The van der Waals surface area contributed by atoms with Gasteiger partial charge in [-0.25, -0.2) is 0 Å². The van der Waals surface area contributed by atoms with Crippen LogP contribution in [0.4, 0.5) is 0 Å². The zero-order chi connectivity index (χ0) is 16.5. The summed E-state index contributed by atoms with van der Waals surface area (Å²) in [5.41, 5.74) is 1.97. The van der Waals surface area contributed by atoms with Crippen LogP contribution in [-0.2, 0) is 11.2 Å². The fourth-order valence-electron chi connectivity index (χ4n) is 2.12. The van der Waals surface area contributed by atoms with Crippen LogP contribution in [0.1, 0.15) is 17.5 Å². The molecule has 1 amide bonds. The van der Waals surface area contributed by atoms with Gasteiger partial charge in [-0.2, -0.15) is 5.26 Å². The number of phenolic OH excluding ortho intramolecular Hbond substituents is 1. The van der Waals surface area contributed by atoms with E-state index in [1.54, 1.807) is 12.1 Å². The zero-order valence-electron chi connectivity index (χ0n) is 12.7. The topological polar surface area (TPSA) is 73.1 Å². The number of benzene rings is 2. The number of carbonyl (C=O) groups is 1. The van der Waals surface area contributed by atoms with Gasteiger partial charge in [0.1, 0.15) is 17.4 Å². The van der Waals surface area contributed by atoms with Crippen LogP contribution in [0.2, 0.25) is 0 Å². The Bertz CT molecular complexity index is 713. The van der Waals surface area contributed by atoms with Gasteiger partial charge in [0.25, 0.3) is 5.91 Å². The molecule has 4 heteroatoms. The number of amides is 1. The molecule has 0 heterocycles. The summed E-state index contributed by atoms with van der Waals surface area (Å²) in [6, 6.07) is 18.3. The van der Waals surface area contributed by atoms with Gasteiger partial charge >= 0.3 is 0 Å². The van der Waals surface area contributed by atoms with Crippen molar-refractivity contribution in [3.8, 4) is 11.8 Å². The third-order valence-corrected chi connectivity index (χ3v) is 3.34. The molecule has 2 rings (SSSR count). The van der Waals surface area contributed by atoms with Crippen molar-refractivity contribution in [3.05, 3.63) is 71.3 Å². The summed E-state index contributed by atoms with van der Waals surface area (Å²) in [5, 5.41) is 21.1. The van der Waals surface area contributed by atoms with Gasteiger partial charge in [0.05, 0.1) is 0 Å². The lowest BCUT2D eigenvalue weighted by Gasteiger charge is -2.05. The molecule has 0 aliphatic rings. The summed E-state index contributed by atoms with van der Waals surface area (Å²) < 4.78 is 0. The number of nitrogens with zero attached hydrogens (tertiary/aromatic N) is 1. The summed E-state index contributed by atoms with van der Waals surface area (Å²) in [4.78, 5) is 12.0. The second-order valence-corrected chi connectivity index (χ2v) is 5.11. The van der Waals surface area contributed by atoms with Crippen LogP contribution in [0.15, 0.2) is 60.2 Å². The molecule has 0 saturated heterocycles. The predicted molar refractivity (Wildman–Crippen MR) is 89.5 cm³/mol. The lowest BCUT2D eigenvalue weighted by atomic mass is 10.1. The second-order valence-electron chi connectivity index (χ2n) is 5.11. The van der Waals surface area contributed by atoms with Gasteiger partial charge in [-0.1, -0.05) is 42.5 Å². The number of aromatic hydroxyl groups is 1. The third-order valence-electron chi connectivity index (χ3n) is 3.34. The van der Waals surface area contributed by atoms with Gasteiger partial charge < -0.3 is 10.4 Å². The molecule has 0 aromatic heterocycles. The monoisotopic (exact) mass is 306 g/mol. The van der Waals surface area contributed by atoms with Gasteiger partial charge in [0, 0.05) is 6.54 Å². The maximum atomic E-state index is 12.0. The van der Waals surface area contributed by atoms with E-state index in [4.69, 9.17) is 5.26 Å². The first-order valence-electron chi connectivity index (χ1n) is 7.42. The van der Waals surface area contributed by atoms with Crippen molar-refractivity contribution in [2.24, 2.45) is 0 Å². The van der Waals surface area contributed by atoms with Gasteiger partial charge in [0.15, 0.2) is 0 Å². The number of hydrogen-bond donors (Lipinski definition) is 2. The number of rotatable bonds is 6. The Kier molecular flexibility index (Phi) is 5.96. The Hall–Kier alpha value is -3.06. The number of carbonyl (C=O) groups excluding carboxylic acids is 1. The molecule has 0 fully saturated rings. The molecular weight excluding hydrogens is 288 g/mol. The van der Waals surface area contributed by atoms with E-state index in [-0.39, 0.29) is 17.2 Å². The predicted octanol–water partition coefficient (Wildman–Crippen LogP) is 3.05. The molecule has 23 heavy (non-hydrogen) atoms. The fourth-order valence-corrected chi connectivity index (χ4v) is 2.12. The number of nitriles is 1. The molecule has 4 nitrogen and oxygen atoms in total. The zero-order valence-corrected chi connectivity index (χ0v) is 12.7. The summed E-state index contributed by atoms with van der Waals surface area (Å²) in [7, 11) is 0. The Morgan fingerprint density at radius 3 is 2.48 bits per heavy atom. The second kappa shape index (κ2) is 8.40. The molecule has 0 saturated carbocycles. The molecular formula is C19H18N2O2. The van der Waals surface area contributed by atoms with E-state index in [0.29, 0.717) is 12.1 Å². The van der Waals surface area contributed by atoms with Crippen molar-refractivity contribution in [3.63, 3.8) is 0 Å². The molecule has 2 aromatic rings. The summed E-state index contributed by atoms with van der Waals surface area (Å²) in [5.74, 6) is -0.236. The smallest absolute Gasteiger partial charge is 0.261 e. The fraction of sp³-hybridized carbons (Fsp3) is 0.158. The first-order valence-corrected chi connectivity index (χ1v) is 7.42. The number of phenols is 1. The number of nitrogens with one attached hydrogen (secondary N) is 1. The molecule has 0 radical (unpaired) electrons. The SMILES string of the molecule is N#C/C(=C\c1ccc(O)cc1)C(=O)NCCCc1ccccc1. The van der Waals surface area contributed by atoms with Crippen molar-refractivity contribution in [1.82, 2.24) is 5.32 Å². The van der Waals surface area contributed by atoms with Crippen LogP contribution >= 0.6 is 0 Å². The summed E-state index contributed by atoms with van der Waals surface area (Å²) in [6.07, 6.45) is 3.20. The minimum atomic E-state index is -0.381. The van der Waals surface area contributed by atoms with Crippen LogP contribution in [-0.4, -0.2) is 17.6 Å². The standard InChI is InChI=1S/C19H18N2O2/c20-14-17(13-16-8-10-18(22)11-9-16)19(23)21-12-4-7-15-5-2-1-3-6-15/h1-3,5-6,8-11,13,22H,4,7,12H2,(H,21,23)/b17-13+. The lowest BCUT2D eigenvalue weighted by molar-refractivity contribution is -0.117. The quantitative estimate of drug-likeness (QED) is 0.489. The summed E-state index contributed by atoms with van der Waals surface area (Å²) in [6.45, 7) is 0.516. The highest BCUT2D eigenvalue weighted by Gasteiger charge is 2.08. The van der Waals surface area contributed by atoms with Crippen LogP contribution < -0.4 is 5.32 Å². The van der Waals surface area contributed by atoms with E-state index >= 15 is 0 Å². The van der Waals surface area contributed by atoms with Crippen molar-refractivity contribution >= 4 is 12.0 Å². The van der Waals surface area contributed by atoms with E-state index in [1.165, 1.54) is 23.8 Å². The minimum absolute atomic E-state index is 0.0513. The van der Waals surface area contributed by atoms with Crippen LogP contribution in [0.3, 0.4) is 0 Å². The van der Waals surface area contributed by atoms with E-state index in [2.05, 4.69) is 5.32 Å². The highest BCUT2D eigenvalue weighted by molar-refractivity contribution is 6.01. The van der Waals surface area contributed by atoms with Gasteiger partial charge in [-0.05, 0) is 42.2 Å². The molecule has 0 spiro atoms. The Morgan fingerprint density at radius 1 is 1.13 bits per heavy atom. The van der Waals surface area contributed by atoms with Gasteiger partial charge in [-0.15, -0.1) is 0 Å². The van der Waals surface area contributed by atoms with E-state index in [0.717, 1.165) is 12.8 Å². The number of hydrogen-bond acceptors (Lipinski definition) is 3. The molecule has 2 aromatic carbocycles. The van der Waals surface area contributed by atoms with Crippen LogP contribution in [0.5, 0.6) is 5.75 Å². The normalized spacial score (nSPS) is 10.8. The summed E-state index contributed by atoms with van der Waals surface area (Å²) >= 11 is 0. The van der Waals surface area contributed by atoms with Crippen molar-refractivity contribution in [1.29, 1.82) is 5.26 Å². The number of aryl methyl sites for hydroxylation is 1. The van der Waals surface area contributed by atoms with E-state index in [1.807, 2.05) is 36.4 Å². The average molecular weight is 306 g/mol. The third kappa shape index (κ3) is 5.33. The molecule has 0 unspecified atom stereocenters. The van der Waals surface area contributed by atoms with Gasteiger partial charge in [0.2, 0.25) is 0 Å². The first-order chi connectivity index (χ1) is 11.2. The first kappa shape index (κ1) is 16.3. The average Bonchev–Trinajstić information content (AvgIpc) is 2.59. The minimum Gasteiger partial charge on any atom is -0.508 e. The van der Waals surface area contributed by atoms with E-state index < -0.39 is 0 Å². The molecule has 0 atom stereocenters. The van der Waals surface area contributed by atoms with E-state index in [9.17, 15) is 9.90 Å².